The van der Waals surface area contributed by atoms with Crippen molar-refractivity contribution in [2.45, 2.75) is 65.5 Å². The van der Waals surface area contributed by atoms with Crippen molar-refractivity contribution >= 4 is 0 Å². The number of hydrogen-bond donors (Lipinski definition) is 1. The molecule has 1 aliphatic carbocycles. The van der Waals surface area contributed by atoms with E-state index in [4.69, 9.17) is 4.74 Å². The van der Waals surface area contributed by atoms with Gasteiger partial charge in [-0.2, -0.15) is 0 Å². The highest BCUT2D eigenvalue weighted by atomic mass is 16.5. The highest BCUT2D eigenvalue weighted by Crippen LogP contribution is 2.43. The number of rotatable bonds is 7. The normalized spacial score (nSPS) is 18.6. The van der Waals surface area contributed by atoms with Gasteiger partial charge in [-0.25, -0.2) is 0 Å². The molecule has 1 N–H and O–H groups in total. The molecular formula is C18H29NO. The number of hydrogen-bond acceptors (Lipinski definition) is 2. The molecule has 2 heteroatoms. The summed E-state index contributed by atoms with van der Waals surface area (Å²) in [5.41, 5.74) is 1.92. The van der Waals surface area contributed by atoms with Crippen molar-refractivity contribution in [2.75, 3.05) is 6.54 Å². The summed E-state index contributed by atoms with van der Waals surface area (Å²) >= 11 is 0. The molecule has 1 aliphatic rings. The molecule has 20 heavy (non-hydrogen) atoms. The van der Waals surface area contributed by atoms with Crippen LogP contribution in [0.5, 0.6) is 5.75 Å². The second-order valence-electron chi connectivity index (χ2n) is 6.55. The van der Waals surface area contributed by atoms with Crippen LogP contribution in [0.25, 0.3) is 0 Å². The van der Waals surface area contributed by atoms with E-state index in [1.54, 1.807) is 0 Å². The van der Waals surface area contributed by atoms with Gasteiger partial charge in [0.1, 0.15) is 5.75 Å². The summed E-state index contributed by atoms with van der Waals surface area (Å²) in [5.74, 6) is 0.958. The van der Waals surface area contributed by atoms with E-state index in [0.29, 0.717) is 11.5 Å². The Bertz CT molecular complexity index is 400. The average molecular weight is 275 g/mol. The van der Waals surface area contributed by atoms with Crippen molar-refractivity contribution in [3.8, 4) is 5.75 Å². The Hall–Kier alpha value is -1.02. The molecule has 0 heterocycles. The second kappa shape index (κ2) is 6.62. The van der Waals surface area contributed by atoms with Crippen LogP contribution in [0.3, 0.4) is 0 Å². The van der Waals surface area contributed by atoms with E-state index in [-0.39, 0.29) is 6.10 Å². The van der Waals surface area contributed by atoms with E-state index in [2.05, 4.69) is 57.3 Å². The van der Waals surface area contributed by atoms with Gasteiger partial charge in [0, 0.05) is 12.6 Å². The van der Waals surface area contributed by atoms with Crippen LogP contribution in [0.1, 0.15) is 65.0 Å². The highest BCUT2D eigenvalue weighted by Gasteiger charge is 2.34. The van der Waals surface area contributed by atoms with Gasteiger partial charge in [-0.3, -0.25) is 0 Å². The van der Waals surface area contributed by atoms with Crippen LogP contribution in [0.15, 0.2) is 24.3 Å². The fraction of sp³-hybridized carbons (Fsp3) is 0.667. The van der Waals surface area contributed by atoms with Crippen LogP contribution in [0.2, 0.25) is 0 Å². The monoisotopic (exact) mass is 275 g/mol. The van der Waals surface area contributed by atoms with Crippen molar-refractivity contribution in [2.24, 2.45) is 5.41 Å². The zero-order chi connectivity index (χ0) is 14.6. The van der Waals surface area contributed by atoms with Gasteiger partial charge in [-0.1, -0.05) is 25.5 Å². The van der Waals surface area contributed by atoms with E-state index in [1.807, 2.05) is 0 Å². The Morgan fingerprint density at radius 1 is 1.15 bits per heavy atom. The summed E-state index contributed by atoms with van der Waals surface area (Å²) in [6, 6.07) is 8.91. The third-order valence-corrected chi connectivity index (χ3v) is 4.70. The van der Waals surface area contributed by atoms with Gasteiger partial charge in [0.15, 0.2) is 0 Å². The molecule has 2 nitrogen and oxygen atoms in total. The first kappa shape index (κ1) is 15.4. The minimum atomic E-state index is 0.236. The maximum Gasteiger partial charge on any atom is 0.119 e. The van der Waals surface area contributed by atoms with Gasteiger partial charge in [-0.15, -0.1) is 0 Å². The summed E-state index contributed by atoms with van der Waals surface area (Å²) < 4.78 is 5.69. The number of benzene rings is 1. The molecule has 1 aromatic carbocycles. The Morgan fingerprint density at radius 3 is 2.25 bits per heavy atom. The van der Waals surface area contributed by atoms with Crippen molar-refractivity contribution in [3.05, 3.63) is 29.8 Å². The average Bonchev–Trinajstić information content (AvgIpc) is 2.38. The van der Waals surface area contributed by atoms with Gasteiger partial charge in [-0.05, 0) is 63.1 Å². The zero-order valence-corrected chi connectivity index (χ0v) is 13.4. The first-order valence-corrected chi connectivity index (χ1v) is 8.05. The van der Waals surface area contributed by atoms with Crippen molar-refractivity contribution in [1.82, 2.24) is 5.32 Å². The van der Waals surface area contributed by atoms with Gasteiger partial charge < -0.3 is 10.1 Å². The van der Waals surface area contributed by atoms with Crippen LogP contribution in [-0.4, -0.2) is 12.6 Å². The molecule has 112 valence electrons. The maximum atomic E-state index is 5.69. The molecule has 1 unspecified atom stereocenters. The molecule has 0 amide bonds. The van der Waals surface area contributed by atoms with E-state index >= 15 is 0 Å². The Labute approximate surface area is 123 Å². The first-order chi connectivity index (χ1) is 9.54. The maximum absolute atomic E-state index is 5.69. The molecule has 1 saturated carbocycles. The largest absolute Gasteiger partial charge is 0.491 e. The molecule has 0 saturated heterocycles. The molecule has 2 rings (SSSR count). The molecule has 1 fully saturated rings. The third-order valence-electron chi connectivity index (χ3n) is 4.70. The van der Waals surface area contributed by atoms with Crippen LogP contribution in [-0.2, 0) is 0 Å². The van der Waals surface area contributed by atoms with Crippen molar-refractivity contribution < 1.29 is 4.74 Å². The summed E-state index contributed by atoms with van der Waals surface area (Å²) in [6.07, 6.45) is 5.73. The van der Waals surface area contributed by atoms with E-state index in [0.717, 1.165) is 12.3 Å². The lowest BCUT2D eigenvalue weighted by molar-refractivity contribution is 0.120. The fourth-order valence-electron chi connectivity index (χ4n) is 2.93. The van der Waals surface area contributed by atoms with Crippen LogP contribution in [0.4, 0.5) is 0 Å². The SMILES string of the molecule is CCC1(CNC(C)c2ccc(OC(C)C)cc2)CCC1. The van der Waals surface area contributed by atoms with E-state index in [9.17, 15) is 0 Å². The van der Waals surface area contributed by atoms with E-state index in [1.165, 1.54) is 31.2 Å². The summed E-state index contributed by atoms with van der Waals surface area (Å²) in [5, 5.41) is 3.71. The lowest BCUT2D eigenvalue weighted by atomic mass is 9.67. The predicted octanol–water partition coefficient (Wildman–Crippen LogP) is 4.70. The first-order valence-electron chi connectivity index (χ1n) is 8.05. The van der Waals surface area contributed by atoms with E-state index < -0.39 is 0 Å². The molecule has 0 radical (unpaired) electrons. The molecule has 1 atom stereocenters. The van der Waals surface area contributed by atoms with Gasteiger partial charge >= 0.3 is 0 Å². The van der Waals surface area contributed by atoms with Gasteiger partial charge in [0.2, 0.25) is 0 Å². The third kappa shape index (κ3) is 3.76. The molecule has 0 spiro atoms. The minimum absolute atomic E-state index is 0.236. The Morgan fingerprint density at radius 2 is 1.80 bits per heavy atom. The molecule has 0 bridgehead atoms. The quantitative estimate of drug-likeness (QED) is 0.778. The standard InChI is InChI=1S/C18H29NO/c1-5-18(11-6-12-18)13-19-15(4)16-7-9-17(10-8-16)20-14(2)3/h7-10,14-15,19H,5-6,11-13H2,1-4H3. The lowest BCUT2D eigenvalue weighted by Gasteiger charge is -2.42. The number of ether oxygens (including phenoxy) is 1. The van der Waals surface area contributed by atoms with Crippen molar-refractivity contribution in [3.63, 3.8) is 0 Å². The molecular weight excluding hydrogens is 246 g/mol. The lowest BCUT2D eigenvalue weighted by Crippen LogP contribution is -2.40. The summed E-state index contributed by atoms with van der Waals surface area (Å²) in [6.45, 7) is 9.83. The predicted molar refractivity (Wildman–Crippen MR) is 85.2 cm³/mol. The molecule has 1 aromatic rings. The Kier molecular flexibility index (Phi) is 5.09. The van der Waals surface area contributed by atoms with Crippen molar-refractivity contribution in [1.29, 1.82) is 0 Å². The van der Waals surface area contributed by atoms with Crippen LogP contribution >= 0.6 is 0 Å². The highest BCUT2D eigenvalue weighted by molar-refractivity contribution is 5.29. The van der Waals surface area contributed by atoms with Crippen LogP contribution < -0.4 is 10.1 Å². The number of nitrogens with one attached hydrogen (secondary N) is 1. The van der Waals surface area contributed by atoms with Gasteiger partial charge in [0.05, 0.1) is 6.10 Å². The summed E-state index contributed by atoms with van der Waals surface area (Å²) in [4.78, 5) is 0. The summed E-state index contributed by atoms with van der Waals surface area (Å²) in [7, 11) is 0. The minimum Gasteiger partial charge on any atom is -0.491 e. The molecule has 0 aliphatic heterocycles. The topological polar surface area (TPSA) is 21.3 Å². The van der Waals surface area contributed by atoms with Crippen LogP contribution in [0, 0.1) is 5.41 Å². The second-order valence-corrected chi connectivity index (χ2v) is 6.55. The zero-order valence-electron chi connectivity index (χ0n) is 13.4. The molecule has 0 aromatic heterocycles. The fourth-order valence-corrected chi connectivity index (χ4v) is 2.93. The van der Waals surface area contributed by atoms with Gasteiger partial charge in [0.25, 0.3) is 0 Å². The Balaban J connectivity index is 1.87. The smallest absolute Gasteiger partial charge is 0.119 e.